The van der Waals surface area contributed by atoms with Crippen LogP contribution in [0.2, 0.25) is 0 Å². The molecule has 0 bridgehead atoms. The number of phosphoric ester groups is 2. The molecule has 109 heavy (non-hydrogen) atoms. The number of unbranched alkanes of at least 4 members (excludes halogenated alkanes) is 62. The standard InChI is InChI=1S/C90H176O17P2/c1-6-9-12-15-18-21-24-27-30-33-36-38-41-44-47-50-53-56-59-65-70-75-89(94)106-85(79-100-87(92)73-68-63-57-54-51-48-45-42-40-37-34-31-28-25-22-19-16-13-10-7-2)81-104-108(96,97)102-77-84(91)78-103-109(98,99)105-82-86(80-101-88(93)74-69-64-61-60-62-67-72-83(4)5)107-90(95)76-71-66-58-55-52-49-46-43-39-35-32-29-26-23-20-17-14-11-8-3/h83-86,91H,6-82H2,1-5H3,(H,96,97)(H,98,99)/t84-,85-,86-/m1/s1. The minimum absolute atomic E-state index is 0.108. The van der Waals surface area contributed by atoms with Gasteiger partial charge in [0.2, 0.25) is 0 Å². The molecule has 0 rings (SSSR count). The zero-order valence-corrected chi connectivity index (χ0v) is 73.5. The third kappa shape index (κ3) is 83.8. The molecule has 2 unspecified atom stereocenters. The molecule has 0 saturated heterocycles. The summed E-state index contributed by atoms with van der Waals surface area (Å²) >= 11 is 0. The van der Waals surface area contributed by atoms with Crippen LogP contribution in [0, 0.1) is 5.92 Å². The molecule has 19 heteroatoms. The van der Waals surface area contributed by atoms with Crippen molar-refractivity contribution < 1.29 is 80.2 Å². The van der Waals surface area contributed by atoms with Gasteiger partial charge in [0.1, 0.15) is 19.3 Å². The van der Waals surface area contributed by atoms with Crippen LogP contribution < -0.4 is 0 Å². The van der Waals surface area contributed by atoms with Crippen molar-refractivity contribution in [2.75, 3.05) is 39.6 Å². The summed E-state index contributed by atoms with van der Waals surface area (Å²) in [6, 6.07) is 0. The van der Waals surface area contributed by atoms with Gasteiger partial charge in [0.05, 0.1) is 26.4 Å². The number of carbonyl (C=O) groups is 4. The first-order valence-electron chi connectivity index (χ1n) is 46.6. The molecule has 0 aromatic rings. The molecule has 0 aromatic carbocycles. The molecule has 0 saturated carbocycles. The Kier molecular flexibility index (Phi) is 81.1. The van der Waals surface area contributed by atoms with Crippen LogP contribution >= 0.6 is 15.6 Å². The lowest BCUT2D eigenvalue weighted by Crippen LogP contribution is -2.30. The maximum atomic E-state index is 13.2. The Balaban J connectivity index is 5.19. The maximum absolute atomic E-state index is 13.2. The normalized spacial score (nSPS) is 13.7. The van der Waals surface area contributed by atoms with Crippen molar-refractivity contribution >= 4 is 39.5 Å². The number of aliphatic hydroxyl groups is 1. The van der Waals surface area contributed by atoms with Crippen molar-refractivity contribution in [3.8, 4) is 0 Å². The van der Waals surface area contributed by atoms with Crippen LogP contribution in [-0.2, 0) is 65.4 Å². The van der Waals surface area contributed by atoms with E-state index in [1.807, 2.05) is 0 Å². The first-order valence-corrected chi connectivity index (χ1v) is 49.6. The molecule has 0 fully saturated rings. The molecule has 3 N–H and O–H groups in total. The fourth-order valence-electron chi connectivity index (χ4n) is 14.2. The van der Waals surface area contributed by atoms with Crippen LogP contribution in [0.4, 0.5) is 0 Å². The molecule has 0 aromatic heterocycles. The van der Waals surface area contributed by atoms with E-state index in [2.05, 4.69) is 34.6 Å². The second-order valence-corrected chi connectivity index (χ2v) is 35.7. The highest BCUT2D eigenvalue weighted by atomic mass is 31.2. The third-order valence-electron chi connectivity index (χ3n) is 21.3. The molecular weight excluding hydrogens is 1410 g/mol. The summed E-state index contributed by atoms with van der Waals surface area (Å²) in [6.45, 7) is 7.30. The van der Waals surface area contributed by atoms with Crippen molar-refractivity contribution in [1.82, 2.24) is 0 Å². The number of hydrogen-bond donors (Lipinski definition) is 3. The summed E-state index contributed by atoms with van der Waals surface area (Å²) < 4.78 is 69.0. The largest absolute Gasteiger partial charge is 0.472 e. The lowest BCUT2D eigenvalue weighted by atomic mass is 10.0. The summed E-state index contributed by atoms with van der Waals surface area (Å²) in [5.41, 5.74) is 0. The lowest BCUT2D eigenvalue weighted by molar-refractivity contribution is -0.161. The number of aliphatic hydroxyl groups excluding tert-OH is 1. The van der Waals surface area contributed by atoms with Gasteiger partial charge in [-0.1, -0.05) is 439 Å². The van der Waals surface area contributed by atoms with E-state index < -0.39 is 97.5 Å². The minimum atomic E-state index is -4.97. The third-order valence-corrected chi connectivity index (χ3v) is 23.2. The van der Waals surface area contributed by atoms with Gasteiger partial charge in [0, 0.05) is 25.7 Å². The highest BCUT2D eigenvalue weighted by molar-refractivity contribution is 7.47. The van der Waals surface area contributed by atoms with Crippen LogP contribution in [0.3, 0.4) is 0 Å². The second-order valence-electron chi connectivity index (χ2n) is 32.8. The van der Waals surface area contributed by atoms with E-state index in [9.17, 15) is 43.2 Å². The van der Waals surface area contributed by atoms with E-state index in [4.69, 9.17) is 37.0 Å². The van der Waals surface area contributed by atoms with Crippen LogP contribution in [0.5, 0.6) is 0 Å². The Morgan fingerprint density at radius 1 is 0.248 bits per heavy atom. The molecule has 0 amide bonds. The molecule has 0 aliphatic carbocycles. The SMILES string of the molecule is CCCCCCCCCCCCCCCCCCCCCCCC(=O)O[C@H](COC(=O)CCCCCCCCCCCCCCCCCCCCCC)COP(=O)(O)OC[C@@H](O)COP(=O)(O)OC[C@@H](COC(=O)CCCCCCCCC(C)C)OC(=O)CCCCCCCCCCCCCCCCCCCCC. The van der Waals surface area contributed by atoms with E-state index >= 15 is 0 Å². The summed E-state index contributed by atoms with van der Waals surface area (Å²) in [5.74, 6) is -1.42. The van der Waals surface area contributed by atoms with Gasteiger partial charge in [-0.15, -0.1) is 0 Å². The van der Waals surface area contributed by atoms with E-state index in [-0.39, 0.29) is 25.7 Å². The van der Waals surface area contributed by atoms with Gasteiger partial charge < -0.3 is 33.8 Å². The van der Waals surface area contributed by atoms with Gasteiger partial charge in [-0.25, -0.2) is 9.13 Å². The predicted octanol–water partition coefficient (Wildman–Crippen LogP) is 27.9. The molecule has 0 heterocycles. The second kappa shape index (κ2) is 82.6. The summed E-state index contributed by atoms with van der Waals surface area (Å²) in [5, 5.41) is 10.7. The van der Waals surface area contributed by atoms with Crippen molar-refractivity contribution in [2.24, 2.45) is 5.92 Å². The summed E-state index contributed by atoms with van der Waals surface area (Å²) in [6.07, 6.45) is 78.2. The Morgan fingerprint density at radius 3 is 0.624 bits per heavy atom. The average molecular weight is 1590 g/mol. The van der Waals surface area contributed by atoms with Crippen LogP contribution in [0.15, 0.2) is 0 Å². The van der Waals surface area contributed by atoms with Crippen LogP contribution in [0.1, 0.15) is 490 Å². The van der Waals surface area contributed by atoms with Gasteiger partial charge in [0.25, 0.3) is 0 Å². The maximum Gasteiger partial charge on any atom is 0.472 e. The Labute approximate surface area is 670 Å². The summed E-state index contributed by atoms with van der Waals surface area (Å²) in [4.78, 5) is 73.3. The number of rotatable bonds is 90. The number of ether oxygens (including phenoxy) is 4. The summed E-state index contributed by atoms with van der Waals surface area (Å²) in [7, 11) is -9.93. The van der Waals surface area contributed by atoms with E-state index in [0.29, 0.717) is 31.6 Å². The van der Waals surface area contributed by atoms with Gasteiger partial charge >= 0.3 is 39.5 Å². The van der Waals surface area contributed by atoms with Gasteiger partial charge in [-0.05, 0) is 31.6 Å². The highest BCUT2D eigenvalue weighted by Gasteiger charge is 2.31. The average Bonchev–Trinajstić information content (AvgIpc) is 0.904. The van der Waals surface area contributed by atoms with E-state index in [0.717, 1.165) is 96.3 Å². The molecule has 0 radical (unpaired) electrons. The highest BCUT2D eigenvalue weighted by Crippen LogP contribution is 2.45. The predicted molar refractivity (Wildman–Crippen MR) is 451 cm³/mol. The molecular formula is C90H176O17P2. The molecule has 0 aliphatic heterocycles. The van der Waals surface area contributed by atoms with Crippen LogP contribution in [0.25, 0.3) is 0 Å². The monoisotopic (exact) mass is 1590 g/mol. The molecule has 648 valence electrons. The molecule has 17 nitrogen and oxygen atoms in total. The zero-order valence-electron chi connectivity index (χ0n) is 71.7. The number of esters is 4. The Hall–Kier alpha value is -1.94. The molecule has 5 atom stereocenters. The van der Waals surface area contributed by atoms with Crippen molar-refractivity contribution in [1.29, 1.82) is 0 Å². The Bertz CT molecular complexity index is 2070. The topological polar surface area (TPSA) is 237 Å². The fraction of sp³-hybridized carbons (Fsp3) is 0.956. The van der Waals surface area contributed by atoms with Gasteiger partial charge in [0.15, 0.2) is 12.2 Å². The fourth-order valence-corrected chi connectivity index (χ4v) is 15.8. The first kappa shape index (κ1) is 107. The van der Waals surface area contributed by atoms with E-state index in [1.165, 1.54) is 308 Å². The number of carbonyl (C=O) groups excluding carboxylic acids is 4. The molecule has 0 spiro atoms. The minimum Gasteiger partial charge on any atom is -0.462 e. The molecule has 0 aliphatic rings. The van der Waals surface area contributed by atoms with Crippen LogP contribution in [-0.4, -0.2) is 96.7 Å². The zero-order chi connectivity index (χ0) is 79.7. The van der Waals surface area contributed by atoms with Crippen molar-refractivity contribution in [2.45, 2.75) is 509 Å². The smallest absolute Gasteiger partial charge is 0.462 e. The van der Waals surface area contributed by atoms with E-state index in [1.54, 1.807) is 0 Å². The lowest BCUT2D eigenvalue weighted by Gasteiger charge is -2.21. The quantitative estimate of drug-likeness (QED) is 0.0222. The first-order chi connectivity index (χ1) is 53.0. The number of phosphoric acid groups is 2. The van der Waals surface area contributed by atoms with Gasteiger partial charge in [-0.3, -0.25) is 37.3 Å². The van der Waals surface area contributed by atoms with Crippen molar-refractivity contribution in [3.05, 3.63) is 0 Å². The number of hydrogen-bond acceptors (Lipinski definition) is 15. The Morgan fingerprint density at radius 2 is 0.422 bits per heavy atom. The van der Waals surface area contributed by atoms with Crippen molar-refractivity contribution in [3.63, 3.8) is 0 Å². The van der Waals surface area contributed by atoms with Gasteiger partial charge in [-0.2, -0.15) is 0 Å².